The number of nitrogens with zero attached hydrogens (tertiary/aromatic N) is 1. The van der Waals surface area contributed by atoms with E-state index in [2.05, 4.69) is 0 Å². The summed E-state index contributed by atoms with van der Waals surface area (Å²) in [5.74, 6) is 0.0586. The van der Waals surface area contributed by atoms with Crippen LogP contribution >= 0.6 is 0 Å². The van der Waals surface area contributed by atoms with Gasteiger partial charge in [0.2, 0.25) is 5.91 Å². The maximum absolute atomic E-state index is 12.6. The number of hydrogen-bond acceptors (Lipinski definition) is 3. The molecule has 2 aromatic carbocycles. The van der Waals surface area contributed by atoms with Gasteiger partial charge in [0, 0.05) is 19.0 Å². The molecule has 1 fully saturated rings. The highest BCUT2D eigenvalue weighted by atomic mass is 32.2. The third-order valence-electron chi connectivity index (χ3n) is 4.68. The minimum Gasteiger partial charge on any atom is -0.339 e. The molecule has 0 radical (unpaired) electrons. The van der Waals surface area contributed by atoms with Crippen LogP contribution in [0.3, 0.4) is 0 Å². The lowest BCUT2D eigenvalue weighted by Gasteiger charge is -2.24. The predicted molar refractivity (Wildman–Crippen MR) is 98.0 cm³/mol. The lowest BCUT2D eigenvalue weighted by molar-refractivity contribution is -0.131. The van der Waals surface area contributed by atoms with Gasteiger partial charge in [0.15, 0.2) is 9.84 Å². The first-order valence-corrected chi connectivity index (χ1v) is 10.3. The highest BCUT2D eigenvalue weighted by molar-refractivity contribution is 7.91. The monoisotopic (exact) mass is 357 g/mol. The van der Waals surface area contributed by atoms with Gasteiger partial charge < -0.3 is 4.90 Å². The summed E-state index contributed by atoms with van der Waals surface area (Å²) in [7, 11) is -3.37. The predicted octanol–water partition coefficient (Wildman–Crippen LogP) is 3.08. The van der Waals surface area contributed by atoms with Crippen LogP contribution < -0.4 is 0 Å². The van der Waals surface area contributed by atoms with Crippen LogP contribution in [0.25, 0.3) is 0 Å². The molecule has 0 bridgehead atoms. The summed E-state index contributed by atoms with van der Waals surface area (Å²) in [5, 5.41) is 0. The van der Waals surface area contributed by atoms with Crippen molar-refractivity contribution in [3.63, 3.8) is 0 Å². The van der Waals surface area contributed by atoms with Crippen molar-refractivity contribution in [3.8, 4) is 0 Å². The highest BCUT2D eigenvalue weighted by Gasteiger charge is 2.32. The Labute approximate surface area is 149 Å². The van der Waals surface area contributed by atoms with E-state index in [1.54, 1.807) is 35.2 Å². The first-order chi connectivity index (χ1) is 12.1. The number of carbonyl (C=O) groups excluding carboxylic acids is 1. The third kappa shape index (κ3) is 4.48. The Kier molecular flexibility index (Phi) is 5.53. The molecule has 25 heavy (non-hydrogen) atoms. The van der Waals surface area contributed by atoms with E-state index in [1.165, 1.54) is 0 Å². The zero-order valence-electron chi connectivity index (χ0n) is 14.2. The fraction of sp³-hybridized carbons (Fsp3) is 0.350. The Morgan fingerprint density at radius 1 is 1.00 bits per heavy atom. The number of amides is 1. The number of sulfone groups is 1. The molecule has 1 heterocycles. The Bertz CT molecular complexity index is 803. The van der Waals surface area contributed by atoms with E-state index in [4.69, 9.17) is 0 Å². The fourth-order valence-electron chi connectivity index (χ4n) is 3.35. The Balaban J connectivity index is 1.63. The Hall–Kier alpha value is -2.14. The number of benzene rings is 2. The summed E-state index contributed by atoms with van der Waals surface area (Å²) in [4.78, 5) is 14.7. The number of hydrogen-bond donors (Lipinski definition) is 0. The topological polar surface area (TPSA) is 54.5 Å². The normalized spacial score (nSPS) is 17.6. The quantitative estimate of drug-likeness (QED) is 0.798. The van der Waals surface area contributed by atoms with E-state index in [-0.39, 0.29) is 17.7 Å². The maximum atomic E-state index is 12.6. The molecule has 5 heteroatoms. The van der Waals surface area contributed by atoms with Crippen LogP contribution in [-0.2, 0) is 21.1 Å². The van der Waals surface area contributed by atoms with Gasteiger partial charge >= 0.3 is 0 Å². The minimum absolute atomic E-state index is 0.00803. The molecule has 1 aliphatic heterocycles. The first-order valence-electron chi connectivity index (χ1n) is 8.67. The van der Waals surface area contributed by atoms with Crippen LogP contribution in [0.1, 0.15) is 24.8 Å². The van der Waals surface area contributed by atoms with Gasteiger partial charge in [-0.25, -0.2) is 8.42 Å². The van der Waals surface area contributed by atoms with Crippen LogP contribution in [0, 0.1) is 0 Å². The van der Waals surface area contributed by atoms with Crippen molar-refractivity contribution in [2.45, 2.75) is 36.6 Å². The van der Waals surface area contributed by atoms with Crippen molar-refractivity contribution in [2.24, 2.45) is 0 Å². The lowest BCUT2D eigenvalue weighted by Crippen LogP contribution is -2.39. The molecule has 0 spiro atoms. The molecule has 2 aromatic rings. The van der Waals surface area contributed by atoms with Gasteiger partial charge in [-0.3, -0.25) is 4.79 Å². The van der Waals surface area contributed by atoms with E-state index >= 15 is 0 Å². The molecule has 0 N–H and O–H groups in total. The molecule has 0 aliphatic carbocycles. The summed E-state index contributed by atoms with van der Waals surface area (Å²) in [6.45, 7) is 0.655. The van der Waals surface area contributed by atoms with Crippen molar-refractivity contribution in [1.82, 2.24) is 4.90 Å². The molecular formula is C20H23NO3S. The smallest absolute Gasteiger partial charge is 0.223 e. The van der Waals surface area contributed by atoms with Crippen LogP contribution in [0.5, 0.6) is 0 Å². The second-order valence-electron chi connectivity index (χ2n) is 6.46. The van der Waals surface area contributed by atoms with E-state index in [0.717, 1.165) is 18.4 Å². The largest absolute Gasteiger partial charge is 0.339 e. The zero-order valence-corrected chi connectivity index (χ0v) is 15.0. The average Bonchev–Trinajstić information content (AvgIpc) is 3.09. The van der Waals surface area contributed by atoms with Gasteiger partial charge in [-0.1, -0.05) is 48.5 Å². The molecule has 3 rings (SSSR count). The van der Waals surface area contributed by atoms with Gasteiger partial charge in [-0.15, -0.1) is 0 Å². The Morgan fingerprint density at radius 3 is 2.32 bits per heavy atom. The molecule has 0 aromatic heterocycles. The first kappa shape index (κ1) is 17.7. The van der Waals surface area contributed by atoms with Crippen LogP contribution in [0.4, 0.5) is 0 Å². The van der Waals surface area contributed by atoms with Gasteiger partial charge in [-0.2, -0.15) is 0 Å². The highest BCUT2D eigenvalue weighted by Crippen LogP contribution is 2.23. The fourth-order valence-corrected chi connectivity index (χ4v) is 4.97. The molecule has 132 valence electrons. The second kappa shape index (κ2) is 7.83. The number of carbonyl (C=O) groups is 1. The number of aryl methyl sites for hydroxylation is 1. The molecule has 1 aliphatic rings. The van der Waals surface area contributed by atoms with Gasteiger partial charge in [-0.05, 0) is 37.0 Å². The molecular weight excluding hydrogens is 334 g/mol. The lowest BCUT2D eigenvalue weighted by atomic mass is 10.1. The Morgan fingerprint density at radius 2 is 1.64 bits per heavy atom. The zero-order chi connectivity index (χ0) is 17.7. The number of likely N-dealkylation sites (tertiary alicyclic amines) is 1. The van der Waals surface area contributed by atoms with E-state index in [1.807, 2.05) is 30.3 Å². The van der Waals surface area contributed by atoms with Gasteiger partial charge in [0.05, 0.1) is 10.6 Å². The molecule has 0 saturated carbocycles. The second-order valence-corrected chi connectivity index (χ2v) is 8.50. The van der Waals surface area contributed by atoms with E-state index in [9.17, 15) is 13.2 Å². The van der Waals surface area contributed by atoms with Crippen molar-refractivity contribution < 1.29 is 13.2 Å². The summed E-state index contributed by atoms with van der Waals surface area (Å²) < 4.78 is 25.2. The summed E-state index contributed by atoms with van der Waals surface area (Å²) in [5.41, 5.74) is 1.13. The van der Waals surface area contributed by atoms with Crippen molar-refractivity contribution in [1.29, 1.82) is 0 Å². The molecule has 4 nitrogen and oxygen atoms in total. The molecule has 1 atom stereocenters. The molecule has 1 amide bonds. The average molecular weight is 357 g/mol. The molecule has 1 saturated heterocycles. The van der Waals surface area contributed by atoms with Crippen LogP contribution in [-0.4, -0.2) is 37.6 Å². The van der Waals surface area contributed by atoms with E-state index < -0.39 is 9.84 Å². The summed E-state index contributed by atoms with van der Waals surface area (Å²) in [6.07, 6.45) is 2.73. The van der Waals surface area contributed by atoms with Crippen molar-refractivity contribution >= 4 is 15.7 Å². The van der Waals surface area contributed by atoms with Crippen LogP contribution in [0.15, 0.2) is 65.6 Å². The SMILES string of the molecule is O=C(CCc1ccccc1)N1CCCC1CS(=O)(=O)c1ccccc1. The standard InChI is InChI=1S/C20H23NO3S/c22-20(14-13-17-8-3-1-4-9-17)21-15-7-10-18(21)16-25(23,24)19-11-5-2-6-12-19/h1-6,8-9,11-12,18H,7,10,13-16H2. The van der Waals surface area contributed by atoms with E-state index in [0.29, 0.717) is 24.3 Å². The van der Waals surface area contributed by atoms with Crippen molar-refractivity contribution in [2.75, 3.05) is 12.3 Å². The summed E-state index contributed by atoms with van der Waals surface area (Å²) in [6, 6.07) is 18.2. The maximum Gasteiger partial charge on any atom is 0.223 e. The van der Waals surface area contributed by atoms with Crippen LogP contribution in [0.2, 0.25) is 0 Å². The van der Waals surface area contributed by atoms with Crippen molar-refractivity contribution in [3.05, 3.63) is 66.2 Å². The van der Waals surface area contributed by atoms with Gasteiger partial charge in [0.25, 0.3) is 0 Å². The minimum atomic E-state index is -3.37. The van der Waals surface area contributed by atoms with Gasteiger partial charge in [0.1, 0.15) is 0 Å². The molecule has 1 unspecified atom stereocenters. The third-order valence-corrected chi connectivity index (χ3v) is 6.50. The number of rotatable bonds is 6. The summed E-state index contributed by atoms with van der Waals surface area (Å²) >= 11 is 0.